The number of carbonyl (C=O) groups excluding carboxylic acids is 2. The van der Waals surface area contributed by atoms with Crippen LogP contribution in [0.3, 0.4) is 0 Å². The summed E-state index contributed by atoms with van der Waals surface area (Å²) >= 11 is 1.88. The fourth-order valence-electron chi connectivity index (χ4n) is 2.55. The second-order valence-electron chi connectivity index (χ2n) is 9.37. The minimum Gasteiger partial charge on any atom is -0.443 e. The van der Waals surface area contributed by atoms with Gasteiger partial charge in [0.2, 0.25) is 0 Å². The van der Waals surface area contributed by atoms with Gasteiger partial charge in [-0.15, -0.1) is 22.7 Å². The van der Waals surface area contributed by atoms with Crippen molar-refractivity contribution in [1.29, 1.82) is 0 Å². The van der Waals surface area contributed by atoms with Crippen molar-refractivity contribution in [3.8, 4) is 0 Å². The van der Waals surface area contributed by atoms with Crippen LogP contribution < -0.4 is 0 Å². The topological polar surface area (TPSA) is 127 Å². The second-order valence-corrected chi connectivity index (χ2v) is 15.4. The zero-order valence-electron chi connectivity index (χ0n) is 20.8. The number of thiophene rings is 2. The molecule has 0 aliphatic carbocycles. The van der Waals surface area contributed by atoms with Crippen LogP contribution in [0.15, 0.2) is 55.6 Å². The standard InChI is InChI=1S/C22H30N2O8S4/c1-21(2,3)31-19(25)23(35(27,28)17-11-9-15-33-17)13-7-8-14-24(20(26)32-22(4,5)6)36(29,30)18-12-10-16-34-18/h7-12,15-16H,13-14H2,1-6H3/b8-7+. The second kappa shape index (κ2) is 11.3. The lowest BCUT2D eigenvalue weighted by Crippen LogP contribution is -2.41. The van der Waals surface area contributed by atoms with E-state index in [0.717, 1.165) is 22.7 Å². The van der Waals surface area contributed by atoms with Gasteiger partial charge in [-0.2, -0.15) is 25.4 Å². The Balaban J connectivity index is 2.32. The molecular weight excluding hydrogens is 549 g/mol. The minimum absolute atomic E-state index is 0.0580. The quantitative estimate of drug-likeness (QED) is 0.404. The fraction of sp³-hybridized carbons (Fsp3) is 0.455. The van der Waals surface area contributed by atoms with E-state index in [0.29, 0.717) is 8.61 Å². The summed E-state index contributed by atoms with van der Waals surface area (Å²) in [6, 6.07) is 5.79. The van der Waals surface area contributed by atoms with Gasteiger partial charge in [0.25, 0.3) is 20.0 Å². The summed E-state index contributed by atoms with van der Waals surface area (Å²) in [5.74, 6) is 0. The lowest BCUT2D eigenvalue weighted by atomic mass is 10.2. The summed E-state index contributed by atoms with van der Waals surface area (Å²) in [5, 5.41) is 3.12. The van der Waals surface area contributed by atoms with Gasteiger partial charge in [-0.3, -0.25) is 0 Å². The number of rotatable bonds is 8. The molecule has 0 N–H and O–H groups in total. The van der Waals surface area contributed by atoms with Crippen molar-refractivity contribution >= 4 is 54.9 Å². The molecule has 36 heavy (non-hydrogen) atoms. The van der Waals surface area contributed by atoms with Gasteiger partial charge in [0.05, 0.1) is 13.1 Å². The Labute approximate surface area is 220 Å². The summed E-state index contributed by atoms with van der Waals surface area (Å²) in [7, 11) is -8.46. The molecule has 2 amide bonds. The van der Waals surface area contributed by atoms with Crippen molar-refractivity contribution in [2.75, 3.05) is 13.1 Å². The molecule has 0 aliphatic rings. The molecule has 2 heterocycles. The van der Waals surface area contributed by atoms with Gasteiger partial charge in [0, 0.05) is 0 Å². The smallest absolute Gasteiger partial charge is 0.424 e. The molecule has 0 aliphatic heterocycles. The molecule has 14 heteroatoms. The first-order valence-electron chi connectivity index (χ1n) is 10.7. The average molecular weight is 579 g/mol. The van der Waals surface area contributed by atoms with E-state index in [1.165, 1.54) is 36.4 Å². The van der Waals surface area contributed by atoms with Crippen molar-refractivity contribution in [1.82, 2.24) is 8.61 Å². The zero-order valence-corrected chi connectivity index (χ0v) is 24.1. The molecular formula is C22H30N2O8S4. The first-order chi connectivity index (χ1) is 16.4. The van der Waals surface area contributed by atoms with Crippen LogP contribution in [0.5, 0.6) is 0 Å². The maximum Gasteiger partial charge on any atom is 0.424 e. The summed E-state index contributed by atoms with van der Waals surface area (Å²) in [4.78, 5) is 25.4. The van der Waals surface area contributed by atoms with Crippen LogP contribution in [0.2, 0.25) is 0 Å². The van der Waals surface area contributed by atoms with Crippen molar-refractivity contribution in [3.05, 3.63) is 47.2 Å². The molecule has 0 spiro atoms. The summed E-state index contributed by atoms with van der Waals surface area (Å²) in [6.45, 7) is 8.72. The Morgan fingerprint density at radius 1 is 0.750 bits per heavy atom. The average Bonchev–Trinajstić information content (AvgIpc) is 3.42. The van der Waals surface area contributed by atoms with Gasteiger partial charge < -0.3 is 9.47 Å². The highest BCUT2D eigenvalue weighted by Gasteiger charge is 2.34. The Kier molecular flexibility index (Phi) is 9.37. The van der Waals surface area contributed by atoms with Crippen LogP contribution in [0.25, 0.3) is 0 Å². The van der Waals surface area contributed by atoms with Gasteiger partial charge >= 0.3 is 12.2 Å². The van der Waals surface area contributed by atoms with Gasteiger partial charge in [0.15, 0.2) is 0 Å². The van der Waals surface area contributed by atoms with E-state index in [-0.39, 0.29) is 8.42 Å². The molecule has 0 fully saturated rings. The van der Waals surface area contributed by atoms with Crippen molar-refractivity contribution in [2.45, 2.75) is 61.2 Å². The maximum atomic E-state index is 13.1. The van der Waals surface area contributed by atoms with Crippen LogP contribution in [0.1, 0.15) is 41.5 Å². The molecule has 0 atom stereocenters. The van der Waals surface area contributed by atoms with Crippen LogP contribution >= 0.6 is 22.7 Å². The molecule has 0 unspecified atom stereocenters. The number of nitrogens with zero attached hydrogens (tertiary/aromatic N) is 2. The molecule has 2 aromatic heterocycles. The predicted molar refractivity (Wildman–Crippen MR) is 138 cm³/mol. The van der Waals surface area contributed by atoms with E-state index in [9.17, 15) is 26.4 Å². The Morgan fingerprint density at radius 3 is 1.33 bits per heavy atom. The molecule has 2 aromatic rings. The predicted octanol–water partition coefficient (Wildman–Crippen LogP) is 4.92. The lowest BCUT2D eigenvalue weighted by molar-refractivity contribution is 0.0387. The van der Waals surface area contributed by atoms with Gasteiger partial charge in [-0.25, -0.2) is 9.59 Å². The SMILES string of the molecule is CC(C)(C)OC(=O)N(C/C=C/CN(C(=O)OC(C)(C)C)S(=O)(=O)c1cccs1)S(=O)(=O)c1cccs1. The molecule has 10 nitrogen and oxygen atoms in total. The molecule has 200 valence electrons. The fourth-order valence-corrected chi connectivity index (χ4v) is 7.26. The van der Waals surface area contributed by atoms with Crippen molar-refractivity contribution in [3.63, 3.8) is 0 Å². The lowest BCUT2D eigenvalue weighted by Gasteiger charge is -2.26. The summed E-state index contributed by atoms with van der Waals surface area (Å²) in [5.41, 5.74) is -1.90. The Morgan fingerprint density at radius 2 is 1.08 bits per heavy atom. The monoisotopic (exact) mass is 578 g/mol. The molecule has 0 bridgehead atoms. The van der Waals surface area contributed by atoms with E-state index in [2.05, 4.69) is 0 Å². The van der Waals surface area contributed by atoms with Crippen LogP contribution in [0.4, 0.5) is 9.59 Å². The van der Waals surface area contributed by atoms with E-state index in [1.807, 2.05) is 0 Å². The maximum absolute atomic E-state index is 13.1. The first-order valence-corrected chi connectivity index (χ1v) is 15.3. The Hall–Kier alpha value is -2.42. The first kappa shape index (κ1) is 29.8. The number of hydrogen-bond donors (Lipinski definition) is 0. The summed E-state index contributed by atoms with van der Waals surface area (Å²) in [6.07, 6.45) is 0.374. The van der Waals surface area contributed by atoms with E-state index < -0.39 is 56.5 Å². The van der Waals surface area contributed by atoms with E-state index >= 15 is 0 Å². The van der Waals surface area contributed by atoms with Gasteiger partial charge in [-0.05, 0) is 64.4 Å². The molecule has 0 saturated heterocycles. The van der Waals surface area contributed by atoms with Gasteiger partial charge in [0.1, 0.15) is 19.6 Å². The largest absolute Gasteiger partial charge is 0.443 e. The van der Waals surface area contributed by atoms with E-state index in [1.54, 1.807) is 52.3 Å². The number of hydrogen-bond acceptors (Lipinski definition) is 10. The number of amides is 2. The number of sulfonamides is 2. The van der Waals surface area contributed by atoms with Crippen molar-refractivity contribution < 1.29 is 35.9 Å². The third kappa shape index (κ3) is 8.05. The normalized spacial score (nSPS) is 12.9. The highest BCUT2D eigenvalue weighted by molar-refractivity contribution is 7.92. The van der Waals surface area contributed by atoms with Crippen LogP contribution in [-0.2, 0) is 29.5 Å². The highest BCUT2D eigenvalue weighted by atomic mass is 32.3. The summed E-state index contributed by atoms with van der Waals surface area (Å²) < 4.78 is 63.7. The van der Waals surface area contributed by atoms with Crippen LogP contribution in [0, 0.1) is 0 Å². The molecule has 0 saturated carbocycles. The number of ether oxygens (including phenoxy) is 2. The van der Waals surface area contributed by atoms with Gasteiger partial charge in [-0.1, -0.05) is 24.3 Å². The van der Waals surface area contributed by atoms with E-state index in [4.69, 9.17) is 9.47 Å². The zero-order chi connectivity index (χ0) is 27.4. The third-order valence-corrected chi connectivity index (χ3v) is 10.2. The number of carbonyl (C=O) groups is 2. The molecule has 0 aromatic carbocycles. The molecule has 2 rings (SSSR count). The highest BCUT2D eigenvalue weighted by Crippen LogP contribution is 2.25. The third-order valence-electron chi connectivity index (χ3n) is 3.98. The Bertz CT molecular complexity index is 1170. The minimum atomic E-state index is -4.23. The molecule has 0 radical (unpaired) electrons. The van der Waals surface area contributed by atoms with Crippen molar-refractivity contribution in [2.24, 2.45) is 0 Å². The van der Waals surface area contributed by atoms with Crippen LogP contribution in [-0.4, -0.2) is 61.9 Å².